The number of carbonyl (C=O) groups excluding carboxylic acids is 3. The highest BCUT2D eigenvalue weighted by Gasteiger charge is 2.18. The fourth-order valence-electron chi connectivity index (χ4n) is 2.19. The molecule has 0 fully saturated rings. The number of aromatic hydroxyl groups is 1. The zero-order valence-electron chi connectivity index (χ0n) is 14.9. The lowest BCUT2D eigenvalue weighted by molar-refractivity contribution is -0.136. The van der Waals surface area contributed by atoms with E-state index in [1.807, 2.05) is 0 Å². The van der Waals surface area contributed by atoms with E-state index in [0.717, 1.165) is 10.5 Å². The summed E-state index contributed by atoms with van der Waals surface area (Å²) in [7, 11) is 1.41. The number of phenolic OH excluding ortho intramolecular Hbond substituents is 1. The van der Waals surface area contributed by atoms with Crippen molar-refractivity contribution in [3.8, 4) is 5.75 Å². The Hall–Kier alpha value is -3.06. The summed E-state index contributed by atoms with van der Waals surface area (Å²) in [5, 5.41) is 12.7. The number of amides is 2. The SMILES string of the molecule is Cc1ccc(C(=O)OCC(=O)N(C)CC(=O)Nc2ccccc2Cl)c(O)c1. The number of para-hydroxylation sites is 1. The normalized spacial score (nSPS) is 10.2. The zero-order chi connectivity index (χ0) is 20.0. The molecule has 0 unspecified atom stereocenters. The zero-order valence-corrected chi connectivity index (χ0v) is 15.6. The number of rotatable bonds is 6. The van der Waals surface area contributed by atoms with Crippen molar-refractivity contribution in [2.45, 2.75) is 6.92 Å². The minimum Gasteiger partial charge on any atom is -0.507 e. The molecule has 0 heterocycles. The molecule has 7 nitrogen and oxygen atoms in total. The van der Waals surface area contributed by atoms with Gasteiger partial charge in [-0.1, -0.05) is 29.8 Å². The lowest BCUT2D eigenvalue weighted by Crippen LogP contribution is -2.37. The van der Waals surface area contributed by atoms with Crippen LogP contribution in [0.4, 0.5) is 5.69 Å². The van der Waals surface area contributed by atoms with Crippen molar-refractivity contribution < 1.29 is 24.2 Å². The van der Waals surface area contributed by atoms with Crippen LogP contribution >= 0.6 is 11.6 Å². The Kier molecular flexibility index (Phi) is 6.79. The number of anilines is 1. The molecule has 2 N–H and O–H groups in total. The smallest absolute Gasteiger partial charge is 0.342 e. The van der Waals surface area contributed by atoms with Gasteiger partial charge >= 0.3 is 5.97 Å². The highest BCUT2D eigenvalue weighted by molar-refractivity contribution is 6.33. The molecule has 0 saturated carbocycles. The Bertz CT molecular complexity index is 869. The molecule has 8 heteroatoms. The van der Waals surface area contributed by atoms with Crippen molar-refractivity contribution in [2.75, 3.05) is 25.5 Å². The number of hydrogen-bond donors (Lipinski definition) is 2. The first-order valence-corrected chi connectivity index (χ1v) is 8.41. The van der Waals surface area contributed by atoms with Crippen molar-refractivity contribution in [3.63, 3.8) is 0 Å². The Morgan fingerprint density at radius 1 is 1.19 bits per heavy atom. The van der Waals surface area contributed by atoms with E-state index in [1.165, 1.54) is 19.2 Å². The average molecular weight is 391 g/mol. The molecule has 2 amide bonds. The van der Waals surface area contributed by atoms with E-state index in [9.17, 15) is 19.5 Å². The number of halogens is 1. The van der Waals surface area contributed by atoms with Gasteiger partial charge in [0.05, 0.1) is 17.3 Å². The molecular weight excluding hydrogens is 372 g/mol. The maximum absolute atomic E-state index is 12.1. The van der Waals surface area contributed by atoms with E-state index in [4.69, 9.17) is 16.3 Å². The number of benzene rings is 2. The lowest BCUT2D eigenvalue weighted by Gasteiger charge is -2.17. The predicted octanol–water partition coefficient (Wildman–Crippen LogP) is 2.61. The third-order valence-electron chi connectivity index (χ3n) is 3.65. The van der Waals surface area contributed by atoms with Crippen LogP contribution in [0, 0.1) is 6.92 Å². The number of nitrogens with one attached hydrogen (secondary N) is 1. The summed E-state index contributed by atoms with van der Waals surface area (Å²) in [4.78, 5) is 37.1. The molecule has 0 aliphatic heterocycles. The Labute approximate surface area is 161 Å². The topological polar surface area (TPSA) is 95.9 Å². The number of carbonyl (C=O) groups is 3. The number of nitrogens with zero attached hydrogens (tertiary/aromatic N) is 1. The van der Waals surface area contributed by atoms with Crippen molar-refractivity contribution >= 4 is 35.1 Å². The molecule has 0 atom stereocenters. The molecule has 2 aromatic carbocycles. The summed E-state index contributed by atoms with van der Waals surface area (Å²) in [5.41, 5.74) is 1.18. The van der Waals surface area contributed by atoms with Gasteiger partial charge in [-0.2, -0.15) is 0 Å². The Balaban J connectivity index is 1.85. The minimum atomic E-state index is -0.824. The van der Waals surface area contributed by atoms with E-state index in [0.29, 0.717) is 10.7 Å². The van der Waals surface area contributed by atoms with Gasteiger partial charge < -0.3 is 20.1 Å². The highest BCUT2D eigenvalue weighted by Crippen LogP contribution is 2.20. The number of aryl methyl sites for hydroxylation is 1. The lowest BCUT2D eigenvalue weighted by atomic mass is 10.1. The number of likely N-dealkylation sites (N-methyl/N-ethyl adjacent to an activating group) is 1. The average Bonchev–Trinajstić information content (AvgIpc) is 2.61. The van der Waals surface area contributed by atoms with E-state index < -0.39 is 24.4 Å². The first kappa shape index (κ1) is 20.3. The van der Waals surface area contributed by atoms with Crippen LogP contribution < -0.4 is 5.32 Å². The first-order chi connectivity index (χ1) is 12.8. The van der Waals surface area contributed by atoms with Crippen LogP contribution in [0.3, 0.4) is 0 Å². The van der Waals surface area contributed by atoms with Gasteiger partial charge in [0.25, 0.3) is 5.91 Å². The van der Waals surface area contributed by atoms with Crippen LogP contribution in [0.5, 0.6) is 5.75 Å². The summed E-state index contributed by atoms with van der Waals surface area (Å²) in [5.74, 6) is -2.06. The summed E-state index contributed by atoms with van der Waals surface area (Å²) >= 11 is 5.96. The Morgan fingerprint density at radius 2 is 1.89 bits per heavy atom. The second-order valence-corrected chi connectivity index (χ2v) is 6.28. The maximum Gasteiger partial charge on any atom is 0.342 e. The van der Waals surface area contributed by atoms with Gasteiger partial charge in [0.2, 0.25) is 5.91 Å². The molecule has 0 aliphatic rings. The van der Waals surface area contributed by atoms with Gasteiger partial charge in [-0.05, 0) is 36.8 Å². The highest BCUT2D eigenvalue weighted by atomic mass is 35.5. The van der Waals surface area contributed by atoms with Crippen molar-refractivity contribution in [1.29, 1.82) is 0 Å². The van der Waals surface area contributed by atoms with Crippen LogP contribution in [0.15, 0.2) is 42.5 Å². The maximum atomic E-state index is 12.1. The second-order valence-electron chi connectivity index (χ2n) is 5.87. The van der Waals surface area contributed by atoms with Crippen LogP contribution in [0.2, 0.25) is 5.02 Å². The van der Waals surface area contributed by atoms with Gasteiger partial charge in [-0.25, -0.2) is 4.79 Å². The molecule has 2 aromatic rings. The predicted molar refractivity (Wildman–Crippen MR) is 101 cm³/mol. The summed E-state index contributed by atoms with van der Waals surface area (Å²) in [6, 6.07) is 11.2. The van der Waals surface area contributed by atoms with Crippen molar-refractivity contribution in [2.24, 2.45) is 0 Å². The van der Waals surface area contributed by atoms with Gasteiger partial charge in [0.15, 0.2) is 6.61 Å². The molecule has 0 aliphatic carbocycles. The van der Waals surface area contributed by atoms with Gasteiger partial charge in [-0.3, -0.25) is 9.59 Å². The monoisotopic (exact) mass is 390 g/mol. The fourth-order valence-corrected chi connectivity index (χ4v) is 2.37. The molecule has 0 spiro atoms. The molecule has 0 aromatic heterocycles. The standard InChI is InChI=1S/C19H19ClN2O5/c1-12-7-8-13(16(23)9-12)19(26)27-11-18(25)22(2)10-17(24)21-15-6-4-3-5-14(15)20/h3-9,23H,10-11H2,1-2H3,(H,21,24). The van der Waals surface area contributed by atoms with E-state index in [-0.39, 0.29) is 17.9 Å². The molecule has 0 bridgehead atoms. The summed E-state index contributed by atoms with van der Waals surface area (Å²) in [6.07, 6.45) is 0. The van der Waals surface area contributed by atoms with Crippen LogP contribution in [-0.2, 0) is 14.3 Å². The Morgan fingerprint density at radius 3 is 2.56 bits per heavy atom. The molecule has 0 radical (unpaired) electrons. The van der Waals surface area contributed by atoms with Crippen LogP contribution in [0.1, 0.15) is 15.9 Å². The minimum absolute atomic E-state index is 0.0347. The quantitative estimate of drug-likeness (QED) is 0.739. The number of hydrogen-bond acceptors (Lipinski definition) is 5. The van der Waals surface area contributed by atoms with E-state index >= 15 is 0 Å². The largest absolute Gasteiger partial charge is 0.507 e. The molecule has 2 rings (SSSR count). The number of ether oxygens (including phenoxy) is 1. The van der Waals surface area contributed by atoms with Crippen LogP contribution in [0.25, 0.3) is 0 Å². The molecule has 0 saturated heterocycles. The summed E-state index contributed by atoms with van der Waals surface area (Å²) < 4.78 is 4.91. The molecule has 142 valence electrons. The molecule has 27 heavy (non-hydrogen) atoms. The van der Waals surface area contributed by atoms with E-state index in [2.05, 4.69) is 5.32 Å². The first-order valence-electron chi connectivity index (χ1n) is 8.03. The second kappa shape index (κ2) is 9.05. The van der Waals surface area contributed by atoms with Gasteiger partial charge in [0, 0.05) is 7.05 Å². The van der Waals surface area contributed by atoms with Crippen molar-refractivity contribution in [3.05, 3.63) is 58.6 Å². The van der Waals surface area contributed by atoms with Gasteiger partial charge in [-0.15, -0.1) is 0 Å². The third-order valence-corrected chi connectivity index (χ3v) is 3.98. The van der Waals surface area contributed by atoms with Crippen LogP contribution in [-0.4, -0.2) is 48.0 Å². The van der Waals surface area contributed by atoms with Gasteiger partial charge in [0.1, 0.15) is 11.3 Å². The van der Waals surface area contributed by atoms with E-state index in [1.54, 1.807) is 37.3 Å². The molecular formula is C19H19ClN2O5. The summed E-state index contributed by atoms with van der Waals surface area (Å²) in [6.45, 7) is 0.973. The fraction of sp³-hybridized carbons (Fsp3) is 0.211. The number of esters is 1. The third kappa shape index (κ3) is 5.72. The number of phenols is 1. The van der Waals surface area contributed by atoms with Crippen molar-refractivity contribution in [1.82, 2.24) is 4.90 Å².